The van der Waals surface area contributed by atoms with Crippen molar-refractivity contribution < 1.29 is 10.2 Å². The van der Waals surface area contributed by atoms with E-state index in [2.05, 4.69) is 21.2 Å². The average molecular weight is 260 g/mol. The number of anilines is 1. The van der Waals surface area contributed by atoms with Crippen molar-refractivity contribution >= 4 is 21.6 Å². The van der Waals surface area contributed by atoms with Crippen LogP contribution in [0.15, 0.2) is 22.7 Å². The van der Waals surface area contributed by atoms with Crippen molar-refractivity contribution in [3.05, 3.63) is 28.2 Å². The molecule has 0 aliphatic rings. The van der Waals surface area contributed by atoms with Crippen LogP contribution in [0, 0.1) is 6.92 Å². The van der Waals surface area contributed by atoms with E-state index in [1.807, 2.05) is 25.1 Å². The fourth-order valence-electron chi connectivity index (χ4n) is 1.08. The number of aliphatic hydroxyl groups is 2. The summed E-state index contributed by atoms with van der Waals surface area (Å²) in [6.07, 6.45) is -0.714. The summed E-state index contributed by atoms with van der Waals surface area (Å²) < 4.78 is 0.990. The lowest BCUT2D eigenvalue weighted by atomic mass is 10.2. The van der Waals surface area contributed by atoms with Gasteiger partial charge in [0.25, 0.3) is 0 Å². The van der Waals surface area contributed by atoms with Gasteiger partial charge in [-0.25, -0.2) is 0 Å². The zero-order valence-corrected chi connectivity index (χ0v) is 9.58. The van der Waals surface area contributed by atoms with E-state index in [1.165, 1.54) is 0 Å². The molecule has 0 bridgehead atoms. The lowest BCUT2D eigenvalue weighted by molar-refractivity contribution is 0.105. The van der Waals surface area contributed by atoms with Gasteiger partial charge in [-0.05, 0) is 24.6 Å². The van der Waals surface area contributed by atoms with Gasteiger partial charge < -0.3 is 15.5 Å². The molecule has 78 valence electrons. The van der Waals surface area contributed by atoms with Crippen LogP contribution >= 0.6 is 15.9 Å². The van der Waals surface area contributed by atoms with Gasteiger partial charge in [0.05, 0.1) is 12.7 Å². The van der Waals surface area contributed by atoms with Crippen LogP contribution in [0.4, 0.5) is 5.69 Å². The van der Waals surface area contributed by atoms with Gasteiger partial charge in [0, 0.05) is 16.7 Å². The maximum Gasteiger partial charge on any atom is 0.0942 e. The molecule has 0 saturated carbocycles. The lowest BCUT2D eigenvalue weighted by Gasteiger charge is -2.12. The van der Waals surface area contributed by atoms with Crippen LogP contribution in [-0.4, -0.2) is 29.5 Å². The summed E-state index contributed by atoms with van der Waals surface area (Å²) >= 11 is 3.37. The minimum Gasteiger partial charge on any atom is -0.394 e. The quantitative estimate of drug-likeness (QED) is 0.769. The molecule has 0 unspecified atom stereocenters. The summed E-state index contributed by atoms with van der Waals surface area (Å²) in [5.74, 6) is 0. The van der Waals surface area contributed by atoms with Crippen LogP contribution in [0.1, 0.15) is 5.56 Å². The number of aliphatic hydroxyl groups excluding tert-OH is 2. The molecule has 0 heterocycles. The molecule has 0 spiro atoms. The minimum absolute atomic E-state index is 0.222. The first-order chi connectivity index (χ1) is 6.63. The third-order valence-electron chi connectivity index (χ3n) is 1.94. The molecule has 3 N–H and O–H groups in total. The monoisotopic (exact) mass is 259 g/mol. The second-order valence-electron chi connectivity index (χ2n) is 3.18. The van der Waals surface area contributed by atoms with Crippen LogP contribution in [0.3, 0.4) is 0 Å². The van der Waals surface area contributed by atoms with Gasteiger partial charge in [0.15, 0.2) is 0 Å². The van der Waals surface area contributed by atoms with Gasteiger partial charge >= 0.3 is 0 Å². The topological polar surface area (TPSA) is 52.5 Å². The standard InChI is InChI=1S/C10H14BrNO2/c1-7-2-3-8(11)4-10(7)12-5-9(14)6-13/h2-4,9,12-14H,5-6H2,1H3/t9-/m0/s1. The predicted molar refractivity (Wildman–Crippen MR) is 60.5 cm³/mol. The van der Waals surface area contributed by atoms with E-state index in [0.717, 1.165) is 15.7 Å². The van der Waals surface area contributed by atoms with Gasteiger partial charge in [-0.3, -0.25) is 0 Å². The smallest absolute Gasteiger partial charge is 0.0942 e. The van der Waals surface area contributed by atoms with Crippen molar-refractivity contribution in [2.75, 3.05) is 18.5 Å². The minimum atomic E-state index is -0.714. The highest BCUT2D eigenvalue weighted by atomic mass is 79.9. The van der Waals surface area contributed by atoms with Crippen molar-refractivity contribution in [2.45, 2.75) is 13.0 Å². The third kappa shape index (κ3) is 3.29. The van der Waals surface area contributed by atoms with Crippen molar-refractivity contribution in [2.24, 2.45) is 0 Å². The molecule has 1 rings (SSSR count). The first-order valence-electron chi connectivity index (χ1n) is 4.42. The van der Waals surface area contributed by atoms with E-state index in [-0.39, 0.29) is 6.61 Å². The van der Waals surface area contributed by atoms with Gasteiger partial charge in [0.2, 0.25) is 0 Å². The molecule has 0 aliphatic heterocycles. The predicted octanol–water partition coefficient (Wildman–Crippen LogP) is 1.52. The summed E-state index contributed by atoms with van der Waals surface area (Å²) in [6.45, 7) is 2.12. The molecule has 4 heteroatoms. The van der Waals surface area contributed by atoms with Gasteiger partial charge in [-0.1, -0.05) is 22.0 Å². The Bertz CT molecular complexity index is 304. The highest BCUT2D eigenvalue weighted by Gasteiger charge is 2.03. The molecule has 1 atom stereocenters. The molecule has 3 nitrogen and oxygen atoms in total. The third-order valence-corrected chi connectivity index (χ3v) is 2.43. The number of benzene rings is 1. The second-order valence-corrected chi connectivity index (χ2v) is 4.09. The van der Waals surface area contributed by atoms with Crippen LogP contribution in [-0.2, 0) is 0 Å². The van der Waals surface area contributed by atoms with Gasteiger partial charge in [0.1, 0.15) is 0 Å². The Hall–Kier alpha value is -0.580. The van der Waals surface area contributed by atoms with Crippen LogP contribution < -0.4 is 5.32 Å². The van der Waals surface area contributed by atoms with Gasteiger partial charge in [-0.2, -0.15) is 0 Å². The van der Waals surface area contributed by atoms with E-state index in [4.69, 9.17) is 10.2 Å². The summed E-state index contributed by atoms with van der Waals surface area (Å²) in [6, 6.07) is 5.89. The Labute approximate surface area is 91.9 Å². The van der Waals surface area contributed by atoms with Crippen molar-refractivity contribution in [1.82, 2.24) is 0 Å². The van der Waals surface area contributed by atoms with E-state index in [1.54, 1.807) is 0 Å². The molecule has 0 saturated heterocycles. The fraction of sp³-hybridized carbons (Fsp3) is 0.400. The Balaban J connectivity index is 2.62. The zero-order valence-electron chi connectivity index (χ0n) is 8.00. The molecule has 0 fully saturated rings. The number of hydrogen-bond donors (Lipinski definition) is 3. The number of halogens is 1. The molecule has 0 radical (unpaired) electrons. The largest absolute Gasteiger partial charge is 0.394 e. The molecule has 0 aromatic heterocycles. The second kappa shape index (κ2) is 5.34. The van der Waals surface area contributed by atoms with Crippen molar-refractivity contribution in [1.29, 1.82) is 0 Å². The molecular formula is C10H14BrNO2. The molecule has 1 aromatic rings. The summed E-state index contributed by atoms with van der Waals surface area (Å²) in [4.78, 5) is 0. The molecule has 14 heavy (non-hydrogen) atoms. The first kappa shape index (κ1) is 11.5. The maximum atomic E-state index is 9.16. The lowest BCUT2D eigenvalue weighted by Crippen LogP contribution is -2.23. The number of rotatable bonds is 4. The average Bonchev–Trinajstić information content (AvgIpc) is 2.19. The van der Waals surface area contributed by atoms with Crippen LogP contribution in [0.5, 0.6) is 0 Å². The molecule has 1 aromatic carbocycles. The molecule has 0 amide bonds. The Morgan fingerprint density at radius 2 is 2.21 bits per heavy atom. The van der Waals surface area contributed by atoms with E-state index in [9.17, 15) is 0 Å². The fourth-order valence-corrected chi connectivity index (χ4v) is 1.44. The van der Waals surface area contributed by atoms with Crippen molar-refractivity contribution in [3.63, 3.8) is 0 Å². The van der Waals surface area contributed by atoms with E-state index < -0.39 is 6.10 Å². The Morgan fingerprint density at radius 1 is 1.50 bits per heavy atom. The Morgan fingerprint density at radius 3 is 2.86 bits per heavy atom. The Kier molecular flexibility index (Phi) is 4.38. The highest BCUT2D eigenvalue weighted by Crippen LogP contribution is 2.20. The van der Waals surface area contributed by atoms with Crippen molar-refractivity contribution in [3.8, 4) is 0 Å². The normalized spacial score (nSPS) is 12.6. The summed E-state index contributed by atoms with van der Waals surface area (Å²) in [5.41, 5.74) is 2.07. The summed E-state index contributed by atoms with van der Waals surface area (Å²) in [7, 11) is 0. The van der Waals surface area contributed by atoms with E-state index in [0.29, 0.717) is 6.54 Å². The molecular weight excluding hydrogens is 246 g/mol. The van der Waals surface area contributed by atoms with E-state index >= 15 is 0 Å². The van der Waals surface area contributed by atoms with Crippen LogP contribution in [0.2, 0.25) is 0 Å². The van der Waals surface area contributed by atoms with Gasteiger partial charge in [-0.15, -0.1) is 0 Å². The highest BCUT2D eigenvalue weighted by molar-refractivity contribution is 9.10. The number of hydrogen-bond acceptors (Lipinski definition) is 3. The van der Waals surface area contributed by atoms with Crippen LogP contribution in [0.25, 0.3) is 0 Å². The zero-order chi connectivity index (χ0) is 10.6. The SMILES string of the molecule is Cc1ccc(Br)cc1NC[C@H](O)CO. The number of aryl methyl sites for hydroxylation is 1. The number of nitrogens with one attached hydrogen (secondary N) is 1. The summed E-state index contributed by atoms with van der Waals surface area (Å²) in [5, 5.41) is 20.9. The maximum absolute atomic E-state index is 9.16. The first-order valence-corrected chi connectivity index (χ1v) is 5.21. The molecule has 0 aliphatic carbocycles.